The molecule has 17 heavy (non-hydrogen) atoms. The molecule has 0 saturated carbocycles. The number of aliphatic carboxylic acids is 1. The number of hydrogen-bond donors (Lipinski definition) is 1. The van der Waals surface area contributed by atoms with E-state index in [4.69, 9.17) is 5.11 Å². The SMILES string of the molecule is Cc1ccc(-c2nnnn2CC(=O)O)cc1Br. The molecule has 7 heteroatoms. The number of nitrogens with zero attached hydrogens (tertiary/aromatic N) is 4. The predicted octanol–water partition coefficient (Wildman–Crippen LogP) is 1.50. The number of carboxylic acid groups (broad SMARTS) is 1. The molecule has 0 radical (unpaired) electrons. The Morgan fingerprint density at radius 1 is 1.53 bits per heavy atom. The first-order valence-corrected chi connectivity index (χ1v) is 5.61. The van der Waals surface area contributed by atoms with Gasteiger partial charge in [-0.15, -0.1) is 5.10 Å². The second kappa shape index (κ2) is 4.62. The van der Waals surface area contributed by atoms with E-state index in [2.05, 4.69) is 31.5 Å². The minimum atomic E-state index is -0.982. The van der Waals surface area contributed by atoms with Gasteiger partial charge in [0.25, 0.3) is 0 Å². The lowest BCUT2D eigenvalue weighted by atomic mass is 10.1. The van der Waals surface area contributed by atoms with Gasteiger partial charge in [0, 0.05) is 10.0 Å². The van der Waals surface area contributed by atoms with Crippen LogP contribution in [0.4, 0.5) is 0 Å². The monoisotopic (exact) mass is 296 g/mol. The smallest absolute Gasteiger partial charge is 0.325 e. The van der Waals surface area contributed by atoms with Crippen LogP contribution < -0.4 is 0 Å². The van der Waals surface area contributed by atoms with Gasteiger partial charge in [-0.2, -0.15) is 0 Å². The summed E-state index contributed by atoms with van der Waals surface area (Å²) in [5.74, 6) is -0.544. The van der Waals surface area contributed by atoms with Crippen molar-refractivity contribution in [2.45, 2.75) is 13.5 Å². The molecular formula is C10H9BrN4O2. The number of benzene rings is 1. The average Bonchev–Trinajstić information content (AvgIpc) is 2.69. The Labute approximate surface area is 105 Å². The zero-order chi connectivity index (χ0) is 12.4. The molecule has 0 amide bonds. The number of halogens is 1. The van der Waals surface area contributed by atoms with Crippen molar-refractivity contribution >= 4 is 21.9 Å². The van der Waals surface area contributed by atoms with E-state index in [-0.39, 0.29) is 6.54 Å². The molecule has 1 aromatic heterocycles. The zero-order valence-corrected chi connectivity index (χ0v) is 10.5. The van der Waals surface area contributed by atoms with Crippen molar-refractivity contribution in [1.82, 2.24) is 20.2 Å². The summed E-state index contributed by atoms with van der Waals surface area (Å²) in [6.45, 7) is 1.71. The normalized spacial score (nSPS) is 10.5. The van der Waals surface area contributed by atoms with Gasteiger partial charge < -0.3 is 5.11 Å². The lowest BCUT2D eigenvalue weighted by Gasteiger charge is -2.03. The van der Waals surface area contributed by atoms with Crippen LogP contribution in [0.15, 0.2) is 22.7 Å². The number of tetrazole rings is 1. The van der Waals surface area contributed by atoms with E-state index in [0.717, 1.165) is 15.6 Å². The fourth-order valence-corrected chi connectivity index (χ4v) is 1.76. The highest BCUT2D eigenvalue weighted by atomic mass is 79.9. The number of carboxylic acids is 1. The topological polar surface area (TPSA) is 80.9 Å². The van der Waals surface area contributed by atoms with Gasteiger partial charge in [-0.1, -0.05) is 28.1 Å². The Hall–Kier alpha value is -1.76. The van der Waals surface area contributed by atoms with Gasteiger partial charge in [0.1, 0.15) is 6.54 Å². The molecular weight excluding hydrogens is 288 g/mol. The Morgan fingerprint density at radius 3 is 2.94 bits per heavy atom. The third-order valence-corrected chi connectivity index (χ3v) is 3.10. The van der Waals surface area contributed by atoms with E-state index < -0.39 is 5.97 Å². The Morgan fingerprint density at radius 2 is 2.29 bits per heavy atom. The molecule has 0 bridgehead atoms. The summed E-state index contributed by atoms with van der Waals surface area (Å²) >= 11 is 3.41. The largest absolute Gasteiger partial charge is 0.480 e. The van der Waals surface area contributed by atoms with Gasteiger partial charge in [-0.05, 0) is 29.0 Å². The molecule has 2 rings (SSSR count). The Balaban J connectivity index is 2.42. The summed E-state index contributed by atoms with van der Waals surface area (Å²) in [5, 5.41) is 19.7. The predicted molar refractivity (Wildman–Crippen MR) is 63.3 cm³/mol. The summed E-state index contributed by atoms with van der Waals surface area (Å²) in [4.78, 5) is 10.6. The summed E-state index contributed by atoms with van der Waals surface area (Å²) in [7, 11) is 0. The fraction of sp³-hybridized carbons (Fsp3) is 0.200. The van der Waals surface area contributed by atoms with E-state index in [1.165, 1.54) is 4.68 Å². The molecule has 0 aliphatic heterocycles. The number of rotatable bonds is 3. The second-order valence-electron chi connectivity index (χ2n) is 3.52. The lowest BCUT2D eigenvalue weighted by molar-refractivity contribution is -0.137. The van der Waals surface area contributed by atoms with Crippen molar-refractivity contribution in [3.63, 3.8) is 0 Å². The summed E-state index contributed by atoms with van der Waals surface area (Å²) < 4.78 is 2.18. The van der Waals surface area contributed by atoms with Crippen LogP contribution in [0.2, 0.25) is 0 Å². The summed E-state index contributed by atoms with van der Waals surface area (Å²) in [6, 6.07) is 5.63. The van der Waals surface area contributed by atoms with Crippen LogP contribution in [0.1, 0.15) is 5.56 Å². The Bertz CT molecular complexity index is 567. The molecule has 0 aliphatic rings. The number of aryl methyl sites for hydroxylation is 1. The van der Waals surface area contributed by atoms with Crippen molar-refractivity contribution in [2.75, 3.05) is 0 Å². The molecule has 1 N–H and O–H groups in total. The molecule has 0 atom stereocenters. The van der Waals surface area contributed by atoms with Gasteiger partial charge in [0.15, 0.2) is 5.82 Å². The van der Waals surface area contributed by atoms with Crippen LogP contribution >= 0.6 is 15.9 Å². The first-order chi connectivity index (χ1) is 8.08. The van der Waals surface area contributed by atoms with E-state index in [0.29, 0.717) is 5.82 Å². The van der Waals surface area contributed by atoms with Crippen LogP contribution in [0.3, 0.4) is 0 Å². The maximum absolute atomic E-state index is 10.6. The highest BCUT2D eigenvalue weighted by Gasteiger charge is 2.12. The van der Waals surface area contributed by atoms with Gasteiger partial charge in [0.05, 0.1) is 0 Å². The van der Waals surface area contributed by atoms with Crippen LogP contribution in [0, 0.1) is 6.92 Å². The third kappa shape index (κ3) is 2.50. The molecule has 0 unspecified atom stereocenters. The molecule has 2 aromatic rings. The lowest BCUT2D eigenvalue weighted by Crippen LogP contribution is -2.11. The van der Waals surface area contributed by atoms with Gasteiger partial charge in [-0.3, -0.25) is 4.79 Å². The molecule has 0 fully saturated rings. The van der Waals surface area contributed by atoms with Gasteiger partial charge >= 0.3 is 5.97 Å². The third-order valence-electron chi connectivity index (χ3n) is 2.25. The molecule has 0 saturated heterocycles. The van der Waals surface area contributed by atoms with Crippen molar-refractivity contribution in [3.05, 3.63) is 28.2 Å². The standard InChI is InChI=1S/C10H9BrN4O2/c1-6-2-3-7(4-8(6)11)10-12-13-14-15(10)5-9(16)17/h2-4H,5H2,1H3,(H,16,17). The molecule has 88 valence electrons. The average molecular weight is 297 g/mol. The molecule has 1 heterocycles. The van der Waals surface area contributed by atoms with Crippen LogP contribution in [-0.2, 0) is 11.3 Å². The minimum Gasteiger partial charge on any atom is -0.480 e. The van der Waals surface area contributed by atoms with Crippen molar-refractivity contribution in [3.8, 4) is 11.4 Å². The fourth-order valence-electron chi connectivity index (χ4n) is 1.38. The van der Waals surface area contributed by atoms with E-state index in [9.17, 15) is 4.79 Å². The van der Waals surface area contributed by atoms with Crippen molar-refractivity contribution in [2.24, 2.45) is 0 Å². The number of hydrogen-bond acceptors (Lipinski definition) is 4. The van der Waals surface area contributed by atoms with Crippen molar-refractivity contribution < 1.29 is 9.90 Å². The quantitative estimate of drug-likeness (QED) is 0.928. The molecule has 6 nitrogen and oxygen atoms in total. The Kier molecular flexibility index (Phi) is 3.19. The van der Waals surface area contributed by atoms with Gasteiger partial charge in [0.2, 0.25) is 0 Å². The van der Waals surface area contributed by atoms with Gasteiger partial charge in [-0.25, -0.2) is 4.68 Å². The second-order valence-corrected chi connectivity index (χ2v) is 4.37. The molecule has 0 spiro atoms. The van der Waals surface area contributed by atoms with Crippen molar-refractivity contribution in [1.29, 1.82) is 0 Å². The van der Waals surface area contributed by atoms with Crippen LogP contribution in [-0.4, -0.2) is 31.3 Å². The van der Waals surface area contributed by atoms with Crippen LogP contribution in [0.5, 0.6) is 0 Å². The first-order valence-electron chi connectivity index (χ1n) is 4.82. The summed E-state index contributed by atoms with van der Waals surface area (Å²) in [5.41, 5.74) is 1.86. The highest BCUT2D eigenvalue weighted by Crippen LogP contribution is 2.23. The van der Waals surface area contributed by atoms with Crippen LogP contribution in [0.25, 0.3) is 11.4 Å². The molecule has 1 aromatic carbocycles. The first kappa shape index (κ1) is 11.7. The number of carbonyl (C=O) groups is 1. The van der Waals surface area contributed by atoms with E-state index in [1.54, 1.807) is 0 Å². The highest BCUT2D eigenvalue weighted by molar-refractivity contribution is 9.10. The summed E-state index contributed by atoms with van der Waals surface area (Å²) in [6.07, 6.45) is 0. The maximum Gasteiger partial charge on any atom is 0.325 e. The minimum absolute atomic E-state index is 0.256. The molecule has 0 aliphatic carbocycles. The number of aromatic nitrogens is 4. The maximum atomic E-state index is 10.6. The van der Waals surface area contributed by atoms with E-state index >= 15 is 0 Å². The zero-order valence-electron chi connectivity index (χ0n) is 8.96. The van der Waals surface area contributed by atoms with E-state index in [1.807, 2.05) is 25.1 Å².